The van der Waals surface area contributed by atoms with Gasteiger partial charge in [0.15, 0.2) is 0 Å². The highest BCUT2D eigenvalue weighted by molar-refractivity contribution is 5.93. The Labute approximate surface area is 175 Å². The number of amides is 1. The first-order valence-corrected chi connectivity index (χ1v) is 10.6. The zero-order chi connectivity index (χ0) is 21.1. The summed E-state index contributed by atoms with van der Waals surface area (Å²) in [6.07, 6.45) is 5.65. The van der Waals surface area contributed by atoms with Gasteiger partial charge in [0.25, 0.3) is 5.91 Å². The van der Waals surface area contributed by atoms with Crippen molar-refractivity contribution in [2.75, 3.05) is 26.2 Å². The van der Waals surface area contributed by atoms with Gasteiger partial charge in [-0.05, 0) is 55.0 Å². The van der Waals surface area contributed by atoms with Crippen molar-refractivity contribution in [2.45, 2.75) is 46.1 Å². The number of carbonyl (C=O) groups is 1. The molecule has 2 N–H and O–H groups in total. The predicted octanol–water partition coefficient (Wildman–Crippen LogP) is 3.33. The van der Waals surface area contributed by atoms with Crippen molar-refractivity contribution in [3.8, 4) is 0 Å². The molecule has 0 aliphatic rings. The number of benzene rings is 1. The Hall–Kier alpha value is -2.24. The molecule has 1 heterocycles. The highest BCUT2D eigenvalue weighted by Gasteiger charge is 2.14. The van der Waals surface area contributed by atoms with Crippen LogP contribution in [-0.2, 0) is 12.8 Å². The summed E-state index contributed by atoms with van der Waals surface area (Å²) in [5.41, 5.74) is 3.17. The highest BCUT2D eigenvalue weighted by atomic mass is 16.3. The Bertz CT molecular complexity index is 717. The predicted molar refractivity (Wildman–Crippen MR) is 118 cm³/mol. The topological polar surface area (TPSA) is 65.5 Å². The fraction of sp³-hybridized carbons (Fsp3) is 0.500. The van der Waals surface area contributed by atoms with Crippen molar-refractivity contribution >= 4 is 5.91 Å². The van der Waals surface area contributed by atoms with Gasteiger partial charge in [-0.2, -0.15) is 0 Å². The van der Waals surface area contributed by atoms with Crippen LogP contribution in [0.25, 0.3) is 0 Å². The molecule has 158 valence electrons. The molecule has 1 atom stereocenters. The second kappa shape index (κ2) is 12.3. The number of aromatic nitrogens is 1. The minimum absolute atomic E-state index is 0.207. The second-order valence-corrected chi connectivity index (χ2v) is 8.01. The van der Waals surface area contributed by atoms with Crippen LogP contribution in [0.2, 0.25) is 0 Å². The van der Waals surface area contributed by atoms with Crippen LogP contribution in [0.5, 0.6) is 0 Å². The van der Waals surface area contributed by atoms with Crippen molar-refractivity contribution < 1.29 is 9.90 Å². The van der Waals surface area contributed by atoms with Crippen LogP contribution in [0.4, 0.5) is 0 Å². The lowest BCUT2D eigenvalue weighted by atomic mass is 10.1. The molecule has 1 aromatic carbocycles. The number of aliphatic hydroxyl groups is 1. The maximum atomic E-state index is 12.1. The summed E-state index contributed by atoms with van der Waals surface area (Å²) >= 11 is 0. The summed E-state index contributed by atoms with van der Waals surface area (Å²) in [5, 5.41) is 13.3. The molecule has 0 saturated carbocycles. The van der Waals surface area contributed by atoms with E-state index in [9.17, 15) is 9.90 Å². The van der Waals surface area contributed by atoms with E-state index in [2.05, 4.69) is 60.2 Å². The van der Waals surface area contributed by atoms with Crippen LogP contribution in [0.3, 0.4) is 0 Å². The SMILES string of the molecule is CCc1ccc(CCN(CCC(C)C)CC(O)CNC(=O)c2cccnc2)cc1. The molecule has 0 fully saturated rings. The van der Waals surface area contributed by atoms with Crippen molar-refractivity contribution in [2.24, 2.45) is 5.92 Å². The molecule has 1 unspecified atom stereocenters. The zero-order valence-electron chi connectivity index (χ0n) is 18.0. The van der Waals surface area contributed by atoms with Crippen LogP contribution in [-0.4, -0.2) is 53.2 Å². The first-order valence-electron chi connectivity index (χ1n) is 10.6. The van der Waals surface area contributed by atoms with Gasteiger partial charge in [-0.1, -0.05) is 45.0 Å². The molecule has 0 aliphatic carbocycles. The van der Waals surface area contributed by atoms with Gasteiger partial charge in [-0.3, -0.25) is 9.78 Å². The van der Waals surface area contributed by atoms with Gasteiger partial charge in [0.2, 0.25) is 0 Å². The fourth-order valence-electron chi connectivity index (χ4n) is 3.14. The minimum Gasteiger partial charge on any atom is -0.390 e. The number of rotatable bonds is 12. The average Bonchev–Trinajstić information content (AvgIpc) is 2.74. The third-order valence-corrected chi connectivity index (χ3v) is 5.06. The molecule has 0 radical (unpaired) electrons. The lowest BCUT2D eigenvalue weighted by Crippen LogP contribution is -2.41. The Morgan fingerprint density at radius 3 is 2.48 bits per heavy atom. The number of aryl methyl sites for hydroxylation is 1. The minimum atomic E-state index is -0.606. The van der Waals surface area contributed by atoms with Crippen LogP contribution < -0.4 is 5.32 Å². The molecule has 2 rings (SSSR count). The lowest BCUT2D eigenvalue weighted by Gasteiger charge is -2.26. The smallest absolute Gasteiger partial charge is 0.252 e. The second-order valence-electron chi connectivity index (χ2n) is 8.01. The van der Waals surface area contributed by atoms with Crippen LogP contribution in [0.1, 0.15) is 48.7 Å². The standard InChI is InChI=1S/C24H35N3O2/c1-4-20-7-9-21(10-8-20)12-15-27(14-11-19(2)3)18-23(28)17-26-24(29)22-6-5-13-25-16-22/h5-10,13,16,19,23,28H,4,11-12,14-15,17-18H2,1-3H3,(H,26,29). The summed E-state index contributed by atoms with van der Waals surface area (Å²) in [7, 11) is 0. The number of hydrogen-bond acceptors (Lipinski definition) is 4. The molecule has 1 aromatic heterocycles. The van der Waals surface area contributed by atoms with E-state index in [0.29, 0.717) is 18.0 Å². The first kappa shape index (κ1) is 23.0. The van der Waals surface area contributed by atoms with Crippen molar-refractivity contribution in [1.82, 2.24) is 15.2 Å². The van der Waals surface area contributed by atoms with Crippen LogP contribution in [0.15, 0.2) is 48.8 Å². The molecule has 29 heavy (non-hydrogen) atoms. The monoisotopic (exact) mass is 397 g/mol. The van der Waals surface area contributed by atoms with Gasteiger partial charge in [0.1, 0.15) is 0 Å². The molecule has 0 aliphatic heterocycles. The van der Waals surface area contributed by atoms with Gasteiger partial charge in [0.05, 0.1) is 11.7 Å². The normalized spacial score (nSPS) is 12.3. The van der Waals surface area contributed by atoms with Crippen molar-refractivity contribution in [1.29, 1.82) is 0 Å². The summed E-state index contributed by atoms with van der Waals surface area (Å²) in [4.78, 5) is 18.4. The third kappa shape index (κ3) is 8.75. The van der Waals surface area contributed by atoms with E-state index < -0.39 is 6.10 Å². The van der Waals surface area contributed by atoms with E-state index in [1.54, 1.807) is 18.3 Å². The van der Waals surface area contributed by atoms with Gasteiger partial charge >= 0.3 is 0 Å². The van der Waals surface area contributed by atoms with E-state index in [1.807, 2.05) is 0 Å². The van der Waals surface area contributed by atoms with Crippen molar-refractivity contribution in [3.63, 3.8) is 0 Å². The number of carbonyl (C=O) groups excluding carboxylic acids is 1. The molecular weight excluding hydrogens is 362 g/mol. The lowest BCUT2D eigenvalue weighted by molar-refractivity contribution is 0.0854. The van der Waals surface area contributed by atoms with Gasteiger partial charge in [-0.25, -0.2) is 0 Å². The molecule has 1 amide bonds. The largest absolute Gasteiger partial charge is 0.390 e. The Balaban J connectivity index is 1.84. The average molecular weight is 398 g/mol. The molecule has 0 bridgehead atoms. The molecule has 5 heteroatoms. The summed E-state index contributed by atoms with van der Waals surface area (Å²) < 4.78 is 0. The number of nitrogens with zero attached hydrogens (tertiary/aromatic N) is 2. The molecule has 2 aromatic rings. The molecular formula is C24H35N3O2. The van der Waals surface area contributed by atoms with E-state index in [-0.39, 0.29) is 12.5 Å². The van der Waals surface area contributed by atoms with Crippen LogP contribution in [0, 0.1) is 5.92 Å². The van der Waals surface area contributed by atoms with Crippen molar-refractivity contribution in [3.05, 3.63) is 65.5 Å². The number of nitrogens with one attached hydrogen (secondary N) is 1. The van der Waals surface area contributed by atoms with E-state index in [1.165, 1.54) is 17.3 Å². The highest BCUT2D eigenvalue weighted by Crippen LogP contribution is 2.09. The fourth-order valence-corrected chi connectivity index (χ4v) is 3.14. The van der Waals surface area contributed by atoms with E-state index in [0.717, 1.165) is 32.4 Å². The molecule has 5 nitrogen and oxygen atoms in total. The summed E-state index contributed by atoms with van der Waals surface area (Å²) in [6.45, 7) is 9.21. The number of hydrogen-bond donors (Lipinski definition) is 2. The van der Waals surface area contributed by atoms with Gasteiger partial charge in [0, 0.05) is 32.0 Å². The van der Waals surface area contributed by atoms with E-state index in [4.69, 9.17) is 0 Å². The first-order chi connectivity index (χ1) is 14.0. The Kier molecular flexibility index (Phi) is 9.81. The van der Waals surface area contributed by atoms with Crippen LogP contribution >= 0.6 is 0 Å². The maximum absolute atomic E-state index is 12.1. The van der Waals surface area contributed by atoms with Gasteiger partial charge in [-0.15, -0.1) is 0 Å². The maximum Gasteiger partial charge on any atom is 0.252 e. The number of pyridine rings is 1. The summed E-state index contributed by atoms with van der Waals surface area (Å²) in [5.74, 6) is 0.408. The third-order valence-electron chi connectivity index (χ3n) is 5.06. The quantitative estimate of drug-likeness (QED) is 0.577. The van der Waals surface area contributed by atoms with E-state index >= 15 is 0 Å². The Morgan fingerprint density at radius 2 is 1.86 bits per heavy atom. The number of aliphatic hydroxyl groups excluding tert-OH is 1. The molecule has 0 saturated heterocycles. The van der Waals surface area contributed by atoms with Gasteiger partial charge < -0.3 is 15.3 Å². The zero-order valence-corrected chi connectivity index (χ0v) is 18.0. The Morgan fingerprint density at radius 1 is 1.14 bits per heavy atom. The molecule has 0 spiro atoms. The summed E-state index contributed by atoms with van der Waals surface area (Å²) in [6, 6.07) is 12.2.